The lowest BCUT2D eigenvalue weighted by Gasteiger charge is -2.35. The molecule has 17 nitrogen and oxygen atoms in total. The van der Waals surface area contributed by atoms with Crippen LogP contribution in [-0.4, -0.2) is 121 Å². The van der Waals surface area contributed by atoms with Gasteiger partial charge in [-0.15, -0.1) is 5.10 Å². The number of H-pyrrole nitrogens is 1. The molecule has 83 heavy (non-hydrogen) atoms. The van der Waals surface area contributed by atoms with Crippen molar-refractivity contribution in [3.8, 4) is 34.1 Å². The van der Waals surface area contributed by atoms with E-state index in [2.05, 4.69) is 67.2 Å². The number of hydrogen-bond acceptors (Lipinski definition) is 14. The zero-order valence-corrected chi connectivity index (χ0v) is 48.6. The Morgan fingerprint density at radius 3 is 2.51 bits per heavy atom. The number of aromatic amines is 1. The van der Waals surface area contributed by atoms with Crippen LogP contribution < -0.4 is 25.0 Å². The highest BCUT2D eigenvalue weighted by molar-refractivity contribution is 6.12. The molecule has 6 heterocycles. The van der Waals surface area contributed by atoms with Crippen LogP contribution in [-0.2, 0) is 16.1 Å². The quantitative estimate of drug-likeness (QED) is 0.0497. The normalized spacial score (nSPS) is 18.8. The first-order chi connectivity index (χ1) is 40.3. The van der Waals surface area contributed by atoms with Crippen LogP contribution in [0.3, 0.4) is 0 Å². The average Bonchev–Trinajstić information content (AvgIpc) is 3.11. The minimum absolute atomic E-state index is 0.0654. The number of rotatable bonds is 21. The van der Waals surface area contributed by atoms with Gasteiger partial charge in [-0.25, -0.2) is 9.07 Å². The van der Waals surface area contributed by atoms with Gasteiger partial charge < -0.3 is 39.8 Å². The molecule has 0 spiro atoms. The molecule has 1 saturated carbocycles. The van der Waals surface area contributed by atoms with E-state index >= 15 is 4.39 Å². The Balaban J connectivity index is 0.868. The lowest BCUT2D eigenvalue weighted by molar-refractivity contribution is -0.136. The SMILES string of the molecule is C=C(C)C(=N/C=C\C)c1ccc(C(CO)NC(=C)C2CCCN2C(=O)C(C(C)C)n2cc(-c3ccc(COc4c(-c5c(C)c(F)cc6[nH]ncc56)c(C5CC5)cc5c(N6CCNC(CC)C6)nc(OC6CCOCC6)nc45)cc3)nn2)cc1. The summed E-state index contributed by atoms with van der Waals surface area (Å²) in [5, 5.41) is 36.0. The molecule has 1 amide bonds. The number of ether oxygens (including phenoxy) is 3. The summed E-state index contributed by atoms with van der Waals surface area (Å²) in [6.07, 6.45) is 13.1. The summed E-state index contributed by atoms with van der Waals surface area (Å²) >= 11 is 0. The van der Waals surface area contributed by atoms with E-state index in [0.717, 1.165) is 131 Å². The second-order valence-corrected chi connectivity index (χ2v) is 23.0. The molecule has 3 saturated heterocycles. The largest absolute Gasteiger partial charge is 0.486 e. The maximum Gasteiger partial charge on any atom is 0.319 e. The van der Waals surface area contributed by atoms with Crippen LogP contribution in [0, 0.1) is 18.7 Å². The third-order valence-corrected chi connectivity index (χ3v) is 16.8. The minimum Gasteiger partial charge on any atom is -0.486 e. The standard InChI is InChI=1S/C65H77FN12O5/c1-9-25-68-59(38(3)4)46-21-19-45(20-22-46)55(36-79)70-41(8)56-12-11-27-77(56)64(80)61(39(5)6)78-35-54(74-75-78)44-15-13-42(14-16-44)37-82-62-58(57-40(7)52(66)32-53-51(57)33-69-73-53)49(43-17-18-43)31-50-60(62)71-65(83-48-23-29-81-30-24-48)72-63(50)76-28-26-67-47(10-2)34-76/h9,13-16,19-22,25,31-33,35,39,43,47-48,55-56,61,67,70,79H,3,8,10-12,17-18,23-24,26-30,34,36-37H2,1-2,4-7H3,(H,69,73)/b25-9-,68-59?. The van der Waals surface area contributed by atoms with Gasteiger partial charge in [0.25, 0.3) is 0 Å². The lowest BCUT2D eigenvalue weighted by Crippen LogP contribution is -2.50. The molecule has 4 aliphatic rings. The minimum atomic E-state index is -0.628. The Morgan fingerprint density at radius 1 is 1.01 bits per heavy atom. The monoisotopic (exact) mass is 1120 g/mol. The van der Waals surface area contributed by atoms with Crippen LogP contribution in [0.15, 0.2) is 115 Å². The van der Waals surface area contributed by atoms with Gasteiger partial charge in [0, 0.05) is 90.0 Å². The van der Waals surface area contributed by atoms with Gasteiger partial charge in [0.2, 0.25) is 5.91 Å². The summed E-state index contributed by atoms with van der Waals surface area (Å²) in [4.78, 5) is 34.0. The van der Waals surface area contributed by atoms with E-state index in [4.69, 9.17) is 24.2 Å². The van der Waals surface area contributed by atoms with E-state index in [9.17, 15) is 9.90 Å². The van der Waals surface area contributed by atoms with Gasteiger partial charge in [-0.05, 0) is 105 Å². The van der Waals surface area contributed by atoms with Crippen LogP contribution in [0.25, 0.3) is 44.2 Å². The second kappa shape index (κ2) is 25.0. The van der Waals surface area contributed by atoms with Gasteiger partial charge in [0.15, 0.2) is 5.75 Å². The van der Waals surface area contributed by atoms with Crippen molar-refractivity contribution in [1.82, 2.24) is 50.7 Å². The van der Waals surface area contributed by atoms with Crippen molar-refractivity contribution >= 4 is 39.2 Å². The van der Waals surface area contributed by atoms with E-state index in [1.54, 1.807) is 17.1 Å². The van der Waals surface area contributed by atoms with Crippen LogP contribution in [0.1, 0.15) is 125 Å². The molecule has 4 atom stereocenters. The molecule has 4 aromatic carbocycles. The molecule has 3 aromatic heterocycles. The van der Waals surface area contributed by atoms with E-state index < -0.39 is 12.1 Å². The summed E-state index contributed by atoms with van der Waals surface area (Å²) in [6.45, 7) is 24.6. The van der Waals surface area contributed by atoms with Crippen molar-refractivity contribution < 1.29 is 28.5 Å². The zero-order chi connectivity index (χ0) is 57.9. The first-order valence-corrected chi connectivity index (χ1v) is 29.5. The molecule has 11 rings (SSSR count). The molecule has 18 heteroatoms. The molecule has 7 aromatic rings. The zero-order valence-electron chi connectivity index (χ0n) is 48.6. The number of piperazine rings is 1. The summed E-state index contributed by atoms with van der Waals surface area (Å²) in [6, 6.07) is 18.9. The van der Waals surface area contributed by atoms with E-state index in [1.165, 1.54) is 6.07 Å². The fourth-order valence-corrected chi connectivity index (χ4v) is 12.1. The van der Waals surface area contributed by atoms with Crippen LogP contribution in [0.5, 0.6) is 11.8 Å². The Kier molecular flexibility index (Phi) is 17.2. The smallest absolute Gasteiger partial charge is 0.319 e. The molecular weight excluding hydrogens is 1050 g/mol. The number of aliphatic imine (C=N–C) groups is 1. The first-order valence-electron chi connectivity index (χ1n) is 29.5. The summed E-state index contributed by atoms with van der Waals surface area (Å²) in [5.74, 6) is 1.06. The first kappa shape index (κ1) is 57.0. The molecule has 0 radical (unpaired) electrons. The highest BCUT2D eigenvalue weighted by Gasteiger charge is 2.39. The number of amides is 1. The van der Waals surface area contributed by atoms with Crippen molar-refractivity contribution in [2.45, 2.75) is 129 Å². The number of aliphatic hydroxyl groups excluding tert-OH is 1. The van der Waals surface area contributed by atoms with Gasteiger partial charge in [0.1, 0.15) is 41.6 Å². The number of hydrogen-bond donors (Lipinski definition) is 4. The van der Waals surface area contributed by atoms with Gasteiger partial charge in [0.05, 0.1) is 55.5 Å². The highest BCUT2D eigenvalue weighted by atomic mass is 19.1. The molecular formula is C65H77FN12O5. The number of carbonyl (C=O) groups is 1. The van der Waals surface area contributed by atoms with Crippen molar-refractivity contribution in [3.05, 3.63) is 143 Å². The highest BCUT2D eigenvalue weighted by Crippen LogP contribution is 2.53. The molecule has 3 aliphatic heterocycles. The number of aromatic nitrogens is 7. The summed E-state index contributed by atoms with van der Waals surface area (Å²) < 4.78 is 37.4. The van der Waals surface area contributed by atoms with Gasteiger partial charge in [-0.2, -0.15) is 15.1 Å². The topological polar surface area (TPSA) is 193 Å². The third kappa shape index (κ3) is 12.0. The lowest BCUT2D eigenvalue weighted by atomic mass is 9.88. The van der Waals surface area contributed by atoms with Gasteiger partial charge in [-0.3, -0.25) is 14.9 Å². The molecule has 4 N–H and O–H groups in total. The number of anilines is 1. The Bertz CT molecular complexity index is 3560. The number of carbonyl (C=O) groups excluding carboxylic acids is 1. The number of nitrogens with zero attached hydrogens (tertiary/aromatic N) is 9. The van der Waals surface area contributed by atoms with Crippen molar-refractivity contribution in [2.24, 2.45) is 10.9 Å². The molecule has 1 aliphatic carbocycles. The van der Waals surface area contributed by atoms with Crippen molar-refractivity contribution in [1.29, 1.82) is 0 Å². The Hall–Kier alpha value is -7.80. The predicted octanol–water partition coefficient (Wildman–Crippen LogP) is 11.0. The Labute approximate surface area is 485 Å². The number of benzene rings is 4. The van der Waals surface area contributed by atoms with Crippen LogP contribution in [0.4, 0.5) is 10.2 Å². The van der Waals surface area contributed by atoms with Crippen LogP contribution in [0.2, 0.25) is 0 Å². The van der Waals surface area contributed by atoms with Crippen molar-refractivity contribution in [2.75, 3.05) is 50.9 Å². The predicted molar refractivity (Wildman–Crippen MR) is 323 cm³/mol. The number of likely N-dealkylation sites (tertiary alicyclic amines) is 1. The van der Waals surface area contributed by atoms with E-state index in [-0.39, 0.29) is 61.0 Å². The second-order valence-electron chi connectivity index (χ2n) is 23.0. The van der Waals surface area contributed by atoms with Gasteiger partial charge >= 0.3 is 6.01 Å². The number of allylic oxidation sites excluding steroid dienone is 2. The maximum absolute atomic E-state index is 16.2. The number of nitrogens with one attached hydrogen (secondary N) is 3. The van der Waals surface area contributed by atoms with E-state index in [0.29, 0.717) is 53.5 Å². The van der Waals surface area contributed by atoms with Gasteiger partial charge in [-0.1, -0.05) is 93.7 Å². The third-order valence-electron chi connectivity index (χ3n) is 16.8. The van der Waals surface area contributed by atoms with Crippen LogP contribution >= 0.6 is 0 Å². The fourth-order valence-electron chi connectivity index (χ4n) is 12.1. The average molecular weight is 1130 g/mol. The fraction of sp³-hybridized carbons (Fsp3) is 0.431. The number of aliphatic hydroxyl groups is 1. The molecule has 4 unspecified atom stereocenters. The number of fused-ring (bicyclic) bond motifs is 2. The van der Waals surface area contributed by atoms with E-state index in [1.807, 2.05) is 100 Å². The Morgan fingerprint density at radius 2 is 1.80 bits per heavy atom. The summed E-state index contributed by atoms with van der Waals surface area (Å²) in [5.41, 5.74) is 10.8. The molecule has 0 bridgehead atoms. The maximum atomic E-state index is 16.2. The summed E-state index contributed by atoms with van der Waals surface area (Å²) in [7, 11) is 0. The molecule has 434 valence electrons. The number of halogens is 1. The van der Waals surface area contributed by atoms with Crippen molar-refractivity contribution in [3.63, 3.8) is 0 Å². The molecule has 4 fully saturated rings.